The molecule has 0 saturated heterocycles. The summed E-state index contributed by atoms with van der Waals surface area (Å²) in [5.74, 6) is 1.10. The topological polar surface area (TPSA) is 16.1 Å². The van der Waals surface area contributed by atoms with Crippen LogP contribution in [0.15, 0.2) is 18.3 Å². The SMILES string of the molecule is CN(c1ccc(CBr)cn1)C1CCC(C)(C)CC1. The summed E-state index contributed by atoms with van der Waals surface area (Å²) in [4.78, 5) is 6.91. The highest BCUT2D eigenvalue weighted by molar-refractivity contribution is 9.08. The summed E-state index contributed by atoms with van der Waals surface area (Å²) >= 11 is 3.45. The van der Waals surface area contributed by atoms with Gasteiger partial charge >= 0.3 is 0 Å². The predicted octanol–water partition coefficient (Wildman–Crippen LogP) is 4.38. The second-order valence-corrected chi connectivity index (χ2v) is 6.73. The van der Waals surface area contributed by atoms with Gasteiger partial charge in [0.25, 0.3) is 0 Å². The van der Waals surface area contributed by atoms with Crippen molar-refractivity contribution in [2.45, 2.75) is 50.9 Å². The standard InChI is InChI=1S/C15H23BrN2/c1-15(2)8-6-13(7-9-15)18(3)14-5-4-12(10-16)11-17-14/h4-5,11,13H,6-10H2,1-3H3. The summed E-state index contributed by atoms with van der Waals surface area (Å²) in [6.45, 7) is 4.76. The van der Waals surface area contributed by atoms with E-state index < -0.39 is 0 Å². The summed E-state index contributed by atoms with van der Waals surface area (Å²) < 4.78 is 0. The molecule has 0 radical (unpaired) electrons. The van der Waals surface area contributed by atoms with Gasteiger partial charge in [-0.2, -0.15) is 0 Å². The Morgan fingerprint density at radius 2 is 2.00 bits per heavy atom. The van der Waals surface area contributed by atoms with Gasteiger partial charge in [0.05, 0.1) is 0 Å². The van der Waals surface area contributed by atoms with Gasteiger partial charge in [0.1, 0.15) is 5.82 Å². The summed E-state index contributed by atoms with van der Waals surface area (Å²) in [5.41, 5.74) is 1.77. The van der Waals surface area contributed by atoms with Crippen LogP contribution in [0.2, 0.25) is 0 Å². The van der Waals surface area contributed by atoms with E-state index in [2.05, 4.69) is 58.8 Å². The van der Waals surface area contributed by atoms with Crippen molar-refractivity contribution in [2.75, 3.05) is 11.9 Å². The van der Waals surface area contributed by atoms with Crippen LogP contribution in [0, 0.1) is 5.41 Å². The zero-order chi connectivity index (χ0) is 13.2. The number of rotatable bonds is 3. The molecule has 0 aliphatic heterocycles. The molecule has 1 aromatic rings. The number of halogens is 1. The summed E-state index contributed by atoms with van der Waals surface area (Å²) in [7, 11) is 2.18. The predicted molar refractivity (Wildman–Crippen MR) is 81.3 cm³/mol. The molecule has 3 heteroatoms. The molecule has 0 spiro atoms. The first-order chi connectivity index (χ1) is 8.52. The number of anilines is 1. The molecule has 1 heterocycles. The van der Waals surface area contributed by atoms with Crippen LogP contribution in [0.5, 0.6) is 0 Å². The van der Waals surface area contributed by atoms with Gasteiger partial charge < -0.3 is 4.90 Å². The van der Waals surface area contributed by atoms with Gasteiger partial charge in [-0.05, 0) is 42.7 Å². The van der Waals surface area contributed by atoms with Crippen LogP contribution in [0.25, 0.3) is 0 Å². The van der Waals surface area contributed by atoms with Crippen LogP contribution in [0.3, 0.4) is 0 Å². The normalized spacial score (nSPS) is 19.8. The Morgan fingerprint density at radius 3 is 2.50 bits per heavy atom. The van der Waals surface area contributed by atoms with E-state index in [0.29, 0.717) is 11.5 Å². The van der Waals surface area contributed by atoms with Crippen molar-refractivity contribution in [2.24, 2.45) is 5.41 Å². The minimum absolute atomic E-state index is 0.532. The Kier molecular flexibility index (Phi) is 4.31. The number of hydrogen-bond donors (Lipinski definition) is 0. The highest BCUT2D eigenvalue weighted by Crippen LogP contribution is 2.37. The molecule has 0 unspecified atom stereocenters. The maximum Gasteiger partial charge on any atom is 0.128 e. The number of hydrogen-bond acceptors (Lipinski definition) is 2. The molecule has 2 rings (SSSR count). The number of alkyl halides is 1. The molecule has 1 aromatic heterocycles. The van der Waals surface area contributed by atoms with Gasteiger partial charge in [-0.3, -0.25) is 0 Å². The van der Waals surface area contributed by atoms with E-state index in [1.165, 1.54) is 31.2 Å². The van der Waals surface area contributed by atoms with Gasteiger partial charge in [-0.1, -0.05) is 35.8 Å². The summed E-state index contributed by atoms with van der Waals surface area (Å²) in [6, 6.07) is 4.94. The molecule has 100 valence electrons. The number of pyridine rings is 1. The van der Waals surface area contributed by atoms with E-state index in [0.717, 1.165) is 11.1 Å². The highest BCUT2D eigenvalue weighted by atomic mass is 79.9. The maximum atomic E-state index is 4.56. The molecule has 1 saturated carbocycles. The number of aromatic nitrogens is 1. The Balaban J connectivity index is 2.00. The van der Waals surface area contributed by atoms with Gasteiger partial charge in [0.15, 0.2) is 0 Å². The molecule has 2 nitrogen and oxygen atoms in total. The zero-order valence-corrected chi connectivity index (χ0v) is 13.2. The van der Waals surface area contributed by atoms with E-state index in [1.807, 2.05) is 6.20 Å². The van der Waals surface area contributed by atoms with Crippen LogP contribution in [0.1, 0.15) is 45.1 Å². The lowest BCUT2D eigenvalue weighted by molar-refractivity contribution is 0.222. The van der Waals surface area contributed by atoms with E-state index >= 15 is 0 Å². The Hall–Kier alpha value is -0.570. The van der Waals surface area contributed by atoms with Crippen LogP contribution < -0.4 is 4.90 Å². The minimum atomic E-state index is 0.532. The van der Waals surface area contributed by atoms with Gasteiger partial charge in [-0.15, -0.1) is 0 Å². The molecule has 0 N–H and O–H groups in total. The molecule has 1 aliphatic rings. The molecule has 1 fully saturated rings. The molecular formula is C15H23BrN2. The van der Waals surface area contributed by atoms with E-state index in [-0.39, 0.29) is 0 Å². The molecular weight excluding hydrogens is 288 g/mol. The monoisotopic (exact) mass is 310 g/mol. The van der Waals surface area contributed by atoms with Crippen molar-refractivity contribution >= 4 is 21.7 Å². The molecule has 1 aliphatic carbocycles. The zero-order valence-electron chi connectivity index (χ0n) is 11.6. The summed E-state index contributed by atoms with van der Waals surface area (Å²) in [5, 5.41) is 0.877. The lowest BCUT2D eigenvalue weighted by atomic mass is 9.75. The Morgan fingerprint density at radius 1 is 1.33 bits per heavy atom. The third kappa shape index (κ3) is 3.25. The van der Waals surface area contributed by atoms with Gasteiger partial charge in [0, 0.05) is 24.6 Å². The van der Waals surface area contributed by atoms with Crippen molar-refractivity contribution in [3.05, 3.63) is 23.9 Å². The largest absolute Gasteiger partial charge is 0.357 e. The fourth-order valence-corrected chi connectivity index (χ4v) is 2.99. The molecule has 0 amide bonds. The quantitative estimate of drug-likeness (QED) is 0.770. The molecule has 18 heavy (non-hydrogen) atoms. The fraction of sp³-hybridized carbons (Fsp3) is 0.667. The first-order valence-corrected chi connectivity index (χ1v) is 7.88. The second kappa shape index (κ2) is 5.60. The average molecular weight is 311 g/mol. The average Bonchev–Trinajstić information content (AvgIpc) is 2.38. The highest BCUT2D eigenvalue weighted by Gasteiger charge is 2.29. The third-order valence-corrected chi connectivity index (χ3v) is 4.83. The van der Waals surface area contributed by atoms with Crippen LogP contribution in [-0.4, -0.2) is 18.1 Å². The van der Waals surface area contributed by atoms with Crippen molar-refractivity contribution in [3.8, 4) is 0 Å². The van der Waals surface area contributed by atoms with Crippen LogP contribution in [-0.2, 0) is 5.33 Å². The number of nitrogens with zero attached hydrogens (tertiary/aromatic N) is 2. The maximum absolute atomic E-state index is 4.56. The smallest absolute Gasteiger partial charge is 0.128 e. The van der Waals surface area contributed by atoms with Gasteiger partial charge in [-0.25, -0.2) is 4.98 Å². The minimum Gasteiger partial charge on any atom is -0.357 e. The molecule has 0 bridgehead atoms. The molecule has 0 atom stereocenters. The lowest BCUT2D eigenvalue weighted by Crippen LogP contribution is -2.37. The van der Waals surface area contributed by atoms with Crippen molar-refractivity contribution in [3.63, 3.8) is 0 Å². The van der Waals surface area contributed by atoms with E-state index in [9.17, 15) is 0 Å². The molecule has 0 aromatic carbocycles. The third-order valence-electron chi connectivity index (χ3n) is 4.18. The van der Waals surface area contributed by atoms with E-state index in [4.69, 9.17) is 0 Å². The first kappa shape index (κ1) is 13.9. The summed E-state index contributed by atoms with van der Waals surface area (Å²) in [6.07, 6.45) is 7.17. The van der Waals surface area contributed by atoms with Crippen molar-refractivity contribution < 1.29 is 0 Å². The second-order valence-electron chi connectivity index (χ2n) is 6.16. The van der Waals surface area contributed by atoms with E-state index in [1.54, 1.807) is 0 Å². The fourth-order valence-electron chi connectivity index (χ4n) is 2.66. The van der Waals surface area contributed by atoms with Gasteiger partial charge in [0.2, 0.25) is 0 Å². The first-order valence-electron chi connectivity index (χ1n) is 6.75. The van der Waals surface area contributed by atoms with Crippen LogP contribution in [0.4, 0.5) is 5.82 Å². The van der Waals surface area contributed by atoms with Crippen molar-refractivity contribution in [1.29, 1.82) is 0 Å². The Bertz CT molecular complexity index is 376. The Labute approximate surface area is 119 Å². The van der Waals surface area contributed by atoms with Crippen molar-refractivity contribution in [1.82, 2.24) is 4.98 Å². The van der Waals surface area contributed by atoms with Crippen LogP contribution >= 0.6 is 15.9 Å². The lowest BCUT2D eigenvalue weighted by Gasteiger charge is -2.39.